The third-order valence-electron chi connectivity index (χ3n) is 1.84. The molecule has 1 aromatic carbocycles. The fraction of sp³-hybridized carbons (Fsp3) is 0.300. The van der Waals surface area contributed by atoms with Gasteiger partial charge in [0.05, 0.1) is 0 Å². The molecule has 1 amide bonds. The van der Waals surface area contributed by atoms with Crippen molar-refractivity contribution in [2.45, 2.75) is 19.4 Å². The Balaban J connectivity index is 2.63. The second kappa shape index (κ2) is 4.87. The lowest BCUT2D eigenvalue weighted by atomic mass is 10.1. The first kappa shape index (κ1) is 10.1. The normalized spacial score (nSPS) is 12.2. The van der Waals surface area contributed by atoms with E-state index in [2.05, 4.69) is 5.32 Å². The van der Waals surface area contributed by atoms with Gasteiger partial charge < -0.3 is 5.32 Å². The number of amides is 1. The van der Waals surface area contributed by atoms with Crippen LogP contribution in [0.1, 0.15) is 12.5 Å². The molecule has 0 saturated carbocycles. The lowest BCUT2D eigenvalue weighted by Crippen LogP contribution is -2.26. The highest BCUT2D eigenvalue weighted by Gasteiger charge is 2.04. The molecule has 0 aliphatic carbocycles. The molecule has 13 heavy (non-hydrogen) atoms. The van der Waals surface area contributed by atoms with E-state index in [-0.39, 0.29) is 6.04 Å². The summed E-state index contributed by atoms with van der Waals surface area (Å²) in [6.07, 6.45) is 1.47. The standard InChI is InChI=1S/C10H12ClNO/c1-8(12-7-13)6-9-4-2-3-5-10(9)11/h2-5,7-8H,6H2,1H3,(H,12,13). The van der Waals surface area contributed by atoms with Crippen molar-refractivity contribution < 1.29 is 4.79 Å². The third-order valence-corrected chi connectivity index (χ3v) is 2.21. The van der Waals surface area contributed by atoms with E-state index in [9.17, 15) is 4.79 Å². The highest BCUT2D eigenvalue weighted by molar-refractivity contribution is 6.31. The van der Waals surface area contributed by atoms with Crippen molar-refractivity contribution in [1.82, 2.24) is 5.32 Å². The van der Waals surface area contributed by atoms with Gasteiger partial charge in [-0.25, -0.2) is 0 Å². The minimum absolute atomic E-state index is 0.123. The Kier molecular flexibility index (Phi) is 3.77. The Labute approximate surface area is 82.9 Å². The molecular weight excluding hydrogens is 186 g/mol. The van der Waals surface area contributed by atoms with Gasteiger partial charge in [-0.15, -0.1) is 0 Å². The Morgan fingerprint density at radius 3 is 2.85 bits per heavy atom. The van der Waals surface area contributed by atoms with Gasteiger partial charge in [-0.2, -0.15) is 0 Å². The van der Waals surface area contributed by atoms with Gasteiger partial charge in [0, 0.05) is 11.1 Å². The van der Waals surface area contributed by atoms with Gasteiger partial charge >= 0.3 is 0 Å². The summed E-state index contributed by atoms with van der Waals surface area (Å²) in [5.74, 6) is 0. The average molecular weight is 198 g/mol. The van der Waals surface area contributed by atoms with Crippen LogP contribution in [0.15, 0.2) is 24.3 Å². The summed E-state index contributed by atoms with van der Waals surface area (Å²) in [5.41, 5.74) is 1.06. The van der Waals surface area contributed by atoms with Crippen molar-refractivity contribution >= 4 is 18.0 Å². The number of halogens is 1. The van der Waals surface area contributed by atoms with E-state index in [1.54, 1.807) is 0 Å². The fourth-order valence-corrected chi connectivity index (χ4v) is 1.38. The van der Waals surface area contributed by atoms with Gasteiger partial charge in [0.25, 0.3) is 0 Å². The molecule has 0 aromatic heterocycles. The van der Waals surface area contributed by atoms with E-state index >= 15 is 0 Å². The first-order valence-corrected chi connectivity index (χ1v) is 4.55. The van der Waals surface area contributed by atoms with Crippen LogP contribution in [-0.4, -0.2) is 12.5 Å². The average Bonchev–Trinajstić information content (AvgIpc) is 2.09. The van der Waals surface area contributed by atoms with Crippen molar-refractivity contribution in [2.24, 2.45) is 0 Å². The van der Waals surface area contributed by atoms with E-state index in [0.717, 1.165) is 17.0 Å². The molecular formula is C10H12ClNO. The van der Waals surface area contributed by atoms with Crippen LogP contribution in [0.3, 0.4) is 0 Å². The number of carbonyl (C=O) groups is 1. The second-order valence-electron chi connectivity index (χ2n) is 2.98. The van der Waals surface area contributed by atoms with Gasteiger partial charge in [-0.3, -0.25) is 4.79 Å². The summed E-state index contributed by atoms with van der Waals surface area (Å²) in [7, 11) is 0. The molecule has 0 saturated heterocycles. The van der Waals surface area contributed by atoms with E-state index in [0.29, 0.717) is 6.41 Å². The highest BCUT2D eigenvalue weighted by atomic mass is 35.5. The SMILES string of the molecule is CC(Cc1ccccc1Cl)NC=O. The van der Waals surface area contributed by atoms with Crippen LogP contribution in [0, 0.1) is 0 Å². The van der Waals surface area contributed by atoms with Crippen molar-refractivity contribution in [3.05, 3.63) is 34.9 Å². The predicted molar refractivity (Wildman–Crippen MR) is 53.8 cm³/mol. The van der Waals surface area contributed by atoms with Crippen LogP contribution in [0.2, 0.25) is 5.02 Å². The number of nitrogens with one attached hydrogen (secondary N) is 1. The van der Waals surface area contributed by atoms with Crippen LogP contribution in [0.5, 0.6) is 0 Å². The summed E-state index contributed by atoms with van der Waals surface area (Å²) < 4.78 is 0. The van der Waals surface area contributed by atoms with Gasteiger partial charge in [-0.05, 0) is 25.0 Å². The Hall–Kier alpha value is -1.02. The van der Waals surface area contributed by atoms with Gasteiger partial charge in [0.1, 0.15) is 0 Å². The molecule has 2 nitrogen and oxygen atoms in total. The zero-order chi connectivity index (χ0) is 9.68. The van der Waals surface area contributed by atoms with E-state index in [1.807, 2.05) is 31.2 Å². The van der Waals surface area contributed by atoms with Gasteiger partial charge in [0.15, 0.2) is 0 Å². The summed E-state index contributed by atoms with van der Waals surface area (Å²) in [6.45, 7) is 1.94. The van der Waals surface area contributed by atoms with Crippen LogP contribution in [-0.2, 0) is 11.2 Å². The zero-order valence-corrected chi connectivity index (χ0v) is 8.21. The van der Waals surface area contributed by atoms with E-state index in [1.165, 1.54) is 0 Å². The lowest BCUT2D eigenvalue weighted by molar-refractivity contribution is -0.110. The van der Waals surface area contributed by atoms with Crippen LogP contribution in [0.4, 0.5) is 0 Å². The topological polar surface area (TPSA) is 29.1 Å². The maximum absolute atomic E-state index is 10.1. The molecule has 0 aliphatic rings. The Morgan fingerprint density at radius 2 is 2.23 bits per heavy atom. The van der Waals surface area contributed by atoms with E-state index < -0.39 is 0 Å². The molecule has 0 bridgehead atoms. The molecule has 1 atom stereocenters. The molecule has 0 radical (unpaired) electrons. The molecule has 1 rings (SSSR count). The maximum atomic E-state index is 10.1. The molecule has 0 spiro atoms. The summed E-state index contributed by atoms with van der Waals surface area (Å²) in [6, 6.07) is 7.77. The largest absolute Gasteiger partial charge is 0.356 e. The molecule has 0 fully saturated rings. The minimum Gasteiger partial charge on any atom is -0.356 e. The molecule has 0 heterocycles. The summed E-state index contributed by atoms with van der Waals surface area (Å²) in [5, 5.41) is 3.43. The van der Waals surface area contributed by atoms with E-state index in [4.69, 9.17) is 11.6 Å². The maximum Gasteiger partial charge on any atom is 0.207 e. The number of benzene rings is 1. The Bertz CT molecular complexity index is 288. The summed E-state index contributed by atoms with van der Waals surface area (Å²) >= 11 is 5.95. The minimum atomic E-state index is 0.123. The lowest BCUT2D eigenvalue weighted by Gasteiger charge is -2.10. The van der Waals surface area contributed by atoms with Gasteiger partial charge in [0.2, 0.25) is 6.41 Å². The molecule has 3 heteroatoms. The van der Waals surface area contributed by atoms with Crippen LogP contribution < -0.4 is 5.32 Å². The number of carbonyl (C=O) groups excluding carboxylic acids is 1. The van der Waals surface area contributed by atoms with Crippen molar-refractivity contribution in [2.75, 3.05) is 0 Å². The molecule has 70 valence electrons. The Morgan fingerprint density at radius 1 is 1.54 bits per heavy atom. The number of hydrogen-bond acceptors (Lipinski definition) is 1. The molecule has 1 unspecified atom stereocenters. The molecule has 0 aliphatic heterocycles. The van der Waals surface area contributed by atoms with Crippen molar-refractivity contribution in [1.29, 1.82) is 0 Å². The second-order valence-corrected chi connectivity index (χ2v) is 3.39. The quantitative estimate of drug-likeness (QED) is 0.736. The smallest absolute Gasteiger partial charge is 0.207 e. The van der Waals surface area contributed by atoms with Crippen molar-refractivity contribution in [3.8, 4) is 0 Å². The summed E-state index contributed by atoms with van der Waals surface area (Å²) in [4.78, 5) is 10.1. The first-order chi connectivity index (χ1) is 6.24. The third kappa shape index (κ3) is 3.07. The zero-order valence-electron chi connectivity index (χ0n) is 7.46. The number of rotatable bonds is 4. The fourth-order valence-electron chi connectivity index (χ4n) is 1.17. The predicted octanol–water partition coefficient (Wildman–Crippen LogP) is 2.02. The van der Waals surface area contributed by atoms with Crippen LogP contribution >= 0.6 is 11.6 Å². The first-order valence-electron chi connectivity index (χ1n) is 4.17. The van der Waals surface area contributed by atoms with Crippen molar-refractivity contribution in [3.63, 3.8) is 0 Å². The molecule has 1 aromatic rings. The monoisotopic (exact) mass is 197 g/mol. The van der Waals surface area contributed by atoms with Crippen LogP contribution in [0.25, 0.3) is 0 Å². The number of hydrogen-bond donors (Lipinski definition) is 1. The van der Waals surface area contributed by atoms with Gasteiger partial charge in [-0.1, -0.05) is 29.8 Å². The molecule has 1 N–H and O–H groups in total. The highest BCUT2D eigenvalue weighted by Crippen LogP contribution is 2.16.